The quantitative estimate of drug-likeness (QED) is 0.445. The number of hydrogen-bond donors (Lipinski definition) is 1. The largest absolute Gasteiger partial charge is 0.415 e. The first-order chi connectivity index (χ1) is 19.0. The van der Waals surface area contributed by atoms with Crippen LogP contribution in [-0.2, 0) is 13.0 Å². The predicted octanol–water partition coefficient (Wildman–Crippen LogP) is 4.44. The molecule has 1 aromatic carbocycles. The number of nitrogens with zero attached hydrogens (tertiary/aromatic N) is 5. The number of benzene rings is 1. The number of carbonyl (C=O) groups excluding carboxylic acids is 2. The maximum atomic E-state index is 12.7. The normalized spacial score (nSPS) is 16.7. The van der Waals surface area contributed by atoms with Crippen LogP contribution in [0, 0.1) is 6.92 Å². The van der Waals surface area contributed by atoms with Crippen LogP contribution in [0.4, 0.5) is 10.6 Å². The molecule has 9 nitrogen and oxygen atoms in total. The monoisotopic (exact) mass is 548 g/mol. The second-order valence-electron chi connectivity index (χ2n) is 10.2. The molecular formula is C29H36N6O3S. The first-order valence-electron chi connectivity index (χ1n) is 13.7. The molecule has 0 saturated carbocycles. The van der Waals surface area contributed by atoms with Gasteiger partial charge in [0.25, 0.3) is 5.91 Å². The number of nitrogens with one attached hydrogen (secondary N) is 1. The molecule has 2 fully saturated rings. The van der Waals surface area contributed by atoms with Crippen molar-refractivity contribution in [3.63, 3.8) is 0 Å². The Hall–Kier alpha value is -3.34. The van der Waals surface area contributed by atoms with E-state index in [-0.39, 0.29) is 12.0 Å². The summed E-state index contributed by atoms with van der Waals surface area (Å²) in [5, 5.41) is 6.02. The van der Waals surface area contributed by atoms with Gasteiger partial charge in [-0.3, -0.25) is 14.6 Å². The predicted molar refractivity (Wildman–Crippen MR) is 152 cm³/mol. The Bertz CT molecular complexity index is 1230. The van der Waals surface area contributed by atoms with Crippen LogP contribution in [0.15, 0.2) is 48.0 Å². The van der Waals surface area contributed by atoms with Crippen LogP contribution in [0.1, 0.15) is 45.9 Å². The molecule has 0 radical (unpaired) electrons. The molecule has 206 valence electrons. The van der Waals surface area contributed by atoms with Gasteiger partial charge in [-0.2, -0.15) is 0 Å². The Morgan fingerprint density at radius 3 is 2.38 bits per heavy atom. The fourth-order valence-corrected chi connectivity index (χ4v) is 5.60. The highest BCUT2D eigenvalue weighted by Gasteiger charge is 2.23. The molecule has 2 aliphatic rings. The first-order valence-corrected chi connectivity index (χ1v) is 14.6. The van der Waals surface area contributed by atoms with Crippen molar-refractivity contribution in [2.45, 2.75) is 39.2 Å². The molecule has 5 rings (SSSR count). The van der Waals surface area contributed by atoms with Gasteiger partial charge >= 0.3 is 6.09 Å². The fourth-order valence-electron chi connectivity index (χ4n) is 4.96. The zero-order valence-corrected chi connectivity index (χ0v) is 23.3. The van der Waals surface area contributed by atoms with E-state index in [9.17, 15) is 9.59 Å². The molecule has 4 heterocycles. The lowest BCUT2D eigenvalue weighted by Gasteiger charge is -2.33. The van der Waals surface area contributed by atoms with Crippen molar-refractivity contribution in [1.29, 1.82) is 0 Å². The first kappa shape index (κ1) is 27.2. The van der Waals surface area contributed by atoms with E-state index in [1.54, 1.807) is 28.4 Å². The van der Waals surface area contributed by atoms with Gasteiger partial charge in [0.05, 0.1) is 16.9 Å². The molecule has 0 unspecified atom stereocenters. The molecule has 3 aromatic rings. The summed E-state index contributed by atoms with van der Waals surface area (Å²) in [6.45, 7) is 9.02. The summed E-state index contributed by atoms with van der Waals surface area (Å²) in [7, 11) is 0. The van der Waals surface area contributed by atoms with Gasteiger partial charge in [0.1, 0.15) is 5.82 Å². The third-order valence-electron chi connectivity index (χ3n) is 7.24. The lowest BCUT2D eigenvalue weighted by atomic mass is 10.1. The Morgan fingerprint density at radius 2 is 1.72 bits per heavy atom. The molecule has 2 aromatic heterocycles. The third-order valence-corrected chi connectivity index (χ3v) is 8.06. The number of thiazole rings is 1. The molecular weight excluding hydrogens is 512 g/mol. The highest BCUT2D eigenvalue weighted by atomic mass is 32.1. The Morgan fingerprint density at radius 1 is 0.949 bits per heavy atom. The van der Waals surface area contributed by atoms with Crippen molar-refractivity contribution in [3.8, 4) is 5.75 Å². The van der Waals surface area contributed by atoms with Gasteiger partial charge < -0.3 is 15.0 Å². The standard InChI is InChI=1S/C29H36N6O3S/c1-22-31-25(21-39-22)11-14-33-15-17-35(18-16-33)29(37)38-26-9-10-27(30-19-26)32-28(36)24-7-5-23(6-8-24)20-34-12-3-2-4-13-34/h5-10,19,21H,2-4,11-18,20H2,1H3,(H,30,32,36). The highest BCUT2D eigenvalue weighted by Crippen LogP contribution is 2.17. The van der Waals surface area contributed by atoms with Gasteiger partial charge in [0.2, 0.25) is 0 Å². The Labute approximate surface area is 233 Å². The van der Waals surface area contributed by atoms with Gasteiger partial charge in [0, 0.05) is 56.6 Å². The van der Waals surface area contributed by atoms with E-state index in [0.717, 1.165) is 56.4 Å². The number of aryl methyl sites for hydroxylation is 1. The Balaban J connectivity index is 1.04. The molecule has 2 amide bonds. The van der Waals surface area contributed by atoms with Crippen LogP contribution in [0.25, 0.3) is 0 Å². The number of pyridine rings is 1. The lowest BCUT2D eigenvalue weighted by molar-refractivity contribution is 0.102. The van der Waals surface area contributed by atoms with Crippen LogP contribution in [-0.4, -0.2) is 82.5 Å². The van der Waals surface area contributed by atoms with Crippen molar-refractivity contribution in [2.75, 3.05) is 51.1 Å². The van der Waals surface area contributed by atoms with Crippen LogP contribution < -0.4 is 10.1 Å². The second kappa shape index (κ2) is 13.1. The van der Waals surface area contributed by atoms with E-state index in [4.69, 9.17) is 4.74 Å². The summed E-state index contributed by atoms with van der Waals surface area (Å²) in [4.78, 5) is 40.6. The summed E-state index contributed by atoms with van der Waals surface area (Å²) in [5.74, 6) is 0.530. The lowest BCUT2D eigenvalue weighted by Crippen LogP contribution is -2.49. The van der Waals surface area contributed by atoms with Gasteiger partial charge in [-0.05, 0) is 62.7 Å². The van der Waals surface area contributed by atoms with Gasteiger partial charge in [-0.1, -0.05) is 18.6 Å². The molecule has 0 aliphatic carbocycles. The molecule has 2 saturated heterocycles. The van der Waals surface area contributed by atoms with Crippen molar-refractivity contribution >= 4 is 29.2 Å². The molecule has 1 N–H and O–H groups in total. The number of amides is 2. The number of rotatable bonds is 8. The molecule has 39 heavy (non-hydrogen) atoms. The number of hydrogen-bond acceptors (Lipinski definition) is 8. The van der Waals surface area contributed by atoms with Gasteiger partial charge in [0.15, 0.2) is 5.75 Å². The van der Waals surface area contributed by atoms with E-state index in [1.165, 1.54) is 31.0 Å². The summed E-state index contributed by atoms with van der Waals surface area (Å²) < 4.78 is 5.52. The van der Waals surface area contributed by atoms with E-state index in [0.29, 0.717) is 30.2 Å². The van der Waals surface area contributed by atoms with E-state index in [2.05, 4.69) is 30.5 Å². The van der Waals surface area contributed by atoms with Crippen molar-refractivity contribution in [1.82, 2.24) is 24.7 Å². The fraction of sp³-hybridized carbons (Fsp3) is 0.448. The number of piperidine rings is 1. The molecule has 10 heteroatoms. The van der Waals surface area contributed by atoms with E-state index < -0.39 is 0 Å². The zero-order valence-electron chi connectivity index (χ0n) is 22.5. The number of aromatic nitrogens is 2. The summed E-state index contributed by atoms with van der Waals surface area (Å²) in [6.07, 6.45) is 5.84. The minimum absolute atomic E-state index is 0.223. The van der Waals surface area contributed by atoms with Gasteiger partial charge in [-0.25, -0.2) is 14.8 Å². The van der Waals surface area contributed by atoms with Crippen LogP contribution >= 0.6 is 11.3 Å². The van der Waals surface area contributed by atoms with Crippen molar-refractivity contribution in [3.05, 3.63) is 69.8 Å². The van der Waals surface area contributed by atoms with E-state index >= 15 is 0 Å². The number of anilines is 1. The topological polar surface area (TPSA) is 90.9 Å². The zero-order chi connectivity index (χ0) is 27.0. The maximum Gasteiger partial charge on any atom is 0.415 e. The summed E-state index contributed by atoms with van der Waals surface area (Å²) >= 11 is 1.68. The smallest absolute Gasteiger partial charge is 0.409 e. The SMILES string of the molecule is Cc1nc(CCN2CCN(C(=O)Oc3ccc(NC(=O)c4ccc(CN5CCCCC5)cc4)nc3)CC2)cs1. The third kappa shape index (κ3) is 7.84. The van der Waals surface area contributed by atoms with Crippen molar-refractivity contribution < 1.29 is 14.3 Å². The number of carbonyl (C=O) groups is 2. The van der Waals surface area contributed by atoms with Crippen LogP contribution in [0.2, 0.25) is 0 Å². The molecule has 0 bridgehead atoms. The Kier molecular flexibility index (Phi) is 9.18. The maximum absolute atomic E-state index is 12.7. The second-order valence-corrected chi connectivity index (χ2v) is 11.2. The van der Waals surface area contributed by atoms with Crippen LogP contribution in [0.3, 0.4) is 0 Å². The van der Waals surface area contributed by atoms with Gasteiger partial charge in [-0.15, -0.1) is 11.3 Å². The number of likely N-dealkylation sites (tertiary alicyclic amines) is 1. The molecule has 2 aliphatic heterocycles. The highest BCUT2D eigenvalue weighted by molar-refractivity contribution is 7.09. The summed E-state index contributed by atoms with van der Waals surface area (Å²) in [5.41, 5.74) is 2.92. The van der Waals surface area contributed by atoms with E-state index in [1.807, 2.05) is 31.2 Å². The average Bonchev–Trinajstić information content (AvgIpc) is 3.39. The minimum atomic E-state index is -0.381. The van der Waals surface area contributed by atoms with Crippen molar-refractivity contribution in [2.24, 2.45) is 0 Å². The molecule has 0 atom stereocenters. The molecule has 0 spiro atoms. The number of piperazine rings is 1. The van der Waals surface area contributed by atoms with Crippen LogP contribution in [0.5, 0.6) is 5.75 Å². The average molecular weight is 549 g/mol. The number of ether oxygens (including phenoxy) is 1. The summed E-state index contributed by atoms with van der Waals surface area (Å²) in [6, 6.07) is 11.0. The minimum Gasteiger partial charge on any atom is -0.409 e.